The quantitative estimate of drug-likeness (QED) is 0.610. The summed E-state index contributed by atoms with van der Waals surface area (Å²) in [5, 5.41) is 8.85. The van der Waals surface area contributed by atoms with Gasteiger partial charge >= 0.3 is 0 Å². The topological polar surface area (TPSA) is 23.8 Å². The minimum Gasteiger partial charge on any atom is -0.206 e. The van der Waals surface area contributed by atoms with Crippen LogP contribution in [0, 0.1) is 34.9 Å². The van der Waals surface area contributed by atoms with E-state index in [4.69, 9.17) is 16.9 Å². The van der Waals surface area contributed by atoms with Crippen molar-refractivity contribution in [2.45, 2.75) is 57.3 Å². The highest BCUT2D eigenvalue weighted by molar-refractivity contribution is 6.25. The zero-order chi connectivity index (χ0) is 16.9. The van der Waals surface area contributed by atoms with Crippen molar-refractivity contribution in [1.82, 2.24) is 0 Å². The molecule has 2 aliphatic rings. The molecule has 0 aromatic heterocycles. The van der Waals surface area contributed by atoms with Gasteiger partial charge in [-0.05, 0) is 92.7 Å². The first-order valence-electron chi connectivity index (χ1n) is 9.17. The van der Waals surface area contributed by atoms with Crippen molar-refractivity contribution in [1.29, 1.82) is 5.26 Å². The molecule has 2 fully saturated rings. The third-order valence-electron chi connectivity index (χ3n) is 6.18. The molecule has 2 aliphatic carbocycles. The van der Waals surface area contributed by atoms with Crippen LogP contribution in [0.4, 0.5) is 4.39 Å². The van der Waals surface area contributed by atoms with Gasteiger partial charge < -0.3 is 0 Å². The molecule has 0 heterocycles. The van der Waals surface area contributed by atoms with Crippen molar-refractivity contribution in [3.05, 3.63) is 46.8 Å². The summed E-state index contributed by atoms with van der Waals surface area (Å²) < 4.78 is 13.8. The van der Waals surface area contributed by atoms with Gasteiger partial charge in [0.2, 0.25) is 0 Å². The summed E-state index contributed by atoms with van der Waals surface area (Å²) >= 11 is 5.70. The van der Waals surface area contributed by atoms with Crippen molar-refractivity contribution in [2.75, 3.05) is 0 Å². The molecule has 0 saturated heterocycles. The average Bonchev–Trinajstić information content (AvgIpc) is 2.63. The maximum absolute atomic E-state index is 13.8. The standard InChI is InChI=1S/C21H25ClFN/c22-12-11-15-1-3-16(4-2-15)17-5-7-18(8-6-17)19-9-10-20(14-24)21(23)13-19/h9-13,15-18H,1-8H2. The Hall–Kier alpha value is -1.33. The number of benzene rings is 1. The number of halogens is 2. The Morgan fingerprint density at radius 1 is 1.00 bits per heavy atom. The van der Waals surface area contributed by atoms with Crippen LogP contribution in [0.25, 0.3) is 0 Å². The van der Waals surface area contributed by atoms with E-state index < -0.39 is 0 Å². The van der Waals surface area contributed by atoms with Crippen LogP contribution in [-0.2, 0) is 0 Å². The molecule has 0 spiro atoms. The van der Waals surface area contributed by atoms with E-state index in [1.807, 2.05) is 12.1 Å². The van der Waals surface area contributed by atoms with Crippen molar-refractivity contribution in [3.8, 4) is 6.07 Å². The molecular weight excluding hydrogens is 321 g/mol. The van der Waals surface area contributed by atoms with Gasteiger partial charge in [0.25, 0.3) is 0 Å². The van der Waals surface area contributed by atoms with Crippen molar-refractivity contribution < 1.29 is 4.39 Å². The predicted octanol–water partition coefficient (Wildman–Crippen LogP) is 6.53. The molecule has 0 N–H and O–H groups in total. The maximum atomic E-state index is 13.8. The van der Waals surface area contributed by atoms with Gasteiger partial charge in [0.1, 0.15) is 11.9 Å². The van der Waals surface area contributed by atoms with Crippen LogP contribution in [0.15, 0.2) is 29.8 Å². The lowest BCUT2D eigenvalue weighted by Crippen LogP contribution is -2.25. The third-order valence-corrected chi connectivity index (χ3v) is 6.33. The van der Waals surface area contributed by atoms with Gasteiger partial charge in [-0.3, -0.25) is 0 Å². The van der Waals surface area contributed by atoms with Crippen molar-refractivity contribution in [2.24, 2.45) is 17.8 Å². The molecule has 0 unspecified atom stereocenters. The van der Waals surface area contributed by atoms with Crippen LogP contribution in [0.2, 0.25) is 0 Å². The summed E-state index contributed by atoms with van der Waals surface area (Å²) in [6.07, 6.45) is 12.2. The lowest BCUT2D eigenvalue weighted by molar-refractivity contribution is 0.171. The average molecular weight is 346 g/mol. The molecule has 1 nitrogen and oxygen atoms in total. The van der Waals surface area contributed by atoms with Gasteiger partial charge in [-0.2, -0.15) is 5.26 Å². The van der Waals surface area contributed by atoms with Gasteiger partial charge in [-0.1, -0.05) is 23.7 Å². The fraction of sp³-hybridized carbons (Fsp3) is 0.571. The van der Waals surface area contributed by atoms with E-state index in [9.17, 15) is 4.39 Å². The van der Waals surface area contributed by atoms with E-state index in [1.165, 1.54) is 38.5 Å². The molecule has 0 aliphatic heterocycles. The van der Waals surface area contributed by atoms with Gasteiger partial charge in [0.05, 0.1) is 5.56 Å². The Labute approximate surface area is 149 Å². The summed E-state index contributed by atoms with van der Waals surface area (Å²) in [6, 6.07) is 7.04. The second-order valence-electron chi connectivity index (χ2n) is 7.46. The monoisotopic (exact) mass is 345 g/mol. The molecule has 0 radical (unpaired) electrons. The summed E-state index contributed by atoms with van der Waals surface area (Å²) in [7, 11) is 0. The first kappa shape index (κ1) is 17.5. The Morgan fingerprint density at radius 3 is 2.17 bits per heavy atom. The first-order valence-corrected chi connectivity index (χ1v) is 9.61. The van der Waals surface area contributed by atoms with Gasteiger partial charge in [0, 0.05) is 5.54 Å². The van der Waals surface area contributed by atoms with E-state index in [2.05, 4.69) is 6.08 Å². The summed E-state index contributed by atoms with van der Waals surface area (Å²) in [6.45, 7) is 0. The summed E-state index contributed by atoms with van der Waals surface area (Å²) in [4.78, 5) is 0. The molecule has 0 amide bonds. The number of allylic oxidation sites excluding steroid dienone is 1. The maximum Gasteiger partial charge on any atom is 0.141 e. The van der Waals surface area contributed by atoms with Crippen molar-refractivity contribution in [3.63, 3.8) is 0 Å². The third kappa shape index (κ3) is 4.01. The minimum atomic E-state index is -0.372. The molecule has 2 saturated carbocycles. The summed E-state index contributed by atoms with van der Waals surface area (Å²) in [5.74, 6) is 2.47. The number of nitrogens with zero attached hydrogens (tertiary/aromatic N) is 1. The van der Waals surface area contributed by atoms with Crippen LogP contribution in [0.3, 0.4) is 0 Å². The first-order chi connectivity index (χ1) is 11.7. The second kappa shape index (κ2) is 8.17. The molecule has 0 atom stereocenters. The normalized spacial score (nSPS) is 31.0. The number of nitriles is 1. The van der Waals surface area contributed by atoms with Crippen LogP contribution in [0.5, 0.6) is 0 Å². The van der Waals surface area contributed by atoms with Gasteiger partial charge in [0.15, 0.2) is 0 Å². The van der Waals surface area contributed by atoms with Crippen LogP contribution < -0.4 is 0 Å². The SMILES string of the molecule is N#Cc1ccc(C2CCC(C3CCC(C=CCl)CC3)CC2)cc1F. The largest absolute Gasteiger partial charge is 0.206 e. The van der Waals surface area contributed by atoms with Gasteiger partial charge in [-0.25, -0.2) is 4.39 Å². The highest BCUT2D eigenvalue weighted by Gasteiger charge is 2.30. The smallest absolute Gasteiger partial charge is 0.141 e. The van der Waals surface area contributed by atoms with E-state index >= 15 is 0 Å². The molecule has 3 heteroatoms. The second-order valence-corrected chi connectivity index (χ2v) is 7.71. The molecule has 0 bridgehead atoms. The van der Waals surface area contributed by atoms with E-state index in [0.717, 1.165) is 30.2 Å². The Bertz CT molecular complexity index is 617. The van der Waals surface area contributed by atoms with E-state index in [0.29, 0.717) is 11.8 Å². The highest BCUT2D eigenvalue weighted by Crippen LogP contribution is 2.44. The predicted molar refractivity (Wildman–Crippen MR) is 96.3 cm³/mol. The molecule has 1 aromatic carbocycles. The molecule has 3 rings (SSSR count). The number of hydrogen-bond donors (Lipinski definition) is 0. The Morgan fingerprint density at radius 2 is 1.62 bits per heavy atom. The molecule has 1 aromatic rings. The van der Waals surface area contributed by atoms with Crippen LogP contribution in [-0.4, -0.2) is 0 Å². The summed E-state index contributed by atoms with van der Waals surface area (Å²) in [5.41, 5.74) is 2.89. The Balaban J connectivity index is 1.53. The zero-order valence-electron chi connectivity index (χ0n) is 14.1. The Kier molecular flexibility index (Phi) is 5.95. The van der Waals surface area contributed by atoms with E-state index in [1.54, 1.807) is 17.7 Å². The molecular formula is C21H25ClFN. The number of rotatable bonds is 3. The van der Waals surface area contributed by atoms with Gasteiger partial charge in [-0.15, -0.1) is 0 Å². The van der Waals surface area contributed by atoms with Crippen LogP contribution in [0.1, 0.15) is 68.4 Å². The lowest BCUT2D eigenvalue weighted by Gasteiger charge is -2.37. The van der Waals surface area contributed by atoms with Crippen molar-refractivity contribution >= 4 is 11.6 Å². The molecule has 128 valence electrons. The number of hydrogen-bond acceptors (Lipinski definition) is 1. The van der Waals surface area contributed by atoms with Crippen LogP contribution >= 0.6 is 11.6 Å². The fourth-order valence-corrected chi connectivity index (χ4v) is 4.92. The fourth-order valence-electron chi connectivity index (χ4n) is 4.71. The zero-order valence-corrected chi connectivity index (χ0v) is 14.8. The minimum absolute atomic E-state index is 0.148. The lowest BCUT2D eigenvalue weighted by atomic mass is 9.68. The highest BCUT2D eigenvalue weighted by atomic mass is 35.5. The van der Waals surface area contributed by atoms with E-state index in [-0.39, 0.29) is 11.4 Å². The molecule has 24 heavy (non-hydrogen) atoms.